The summed E-state index contributed by atoms with van der Waals surface area (Å²) >= 11 is 5.89. The lowest BCUT2D eigenvalue weighted by atomic mass is 10.0. The number of amides is 2. The fourth-order valence-corrected chi connectivity index (χ4v) is 3.64. The SMILES string of the molecule is CN(C)C(C(=O)N1CCCC1C(=O)Nc1ccc(Cl)cc1)c1ccccc1. The van der Waals surface area contributed by atoms with Crippen LogP contribution in [0.4, 0.5) is 5.69 Å². The molecule has 1 aliphatic heterocycles. The molecule has 142 valence electrons. The second-order valence-electron chi connectivity index (χ2n) is 6.96. The van der Waals surface area contributed by atoms with E-state index >= 15 is 0 Å². The Hall–Kier alpha value is -2.37. The van der Waals surface area contributed by atoms with E-state index in [1.165, 1.54) is 0 Å². The Morgan fingerprint density at radius 1 is 1.11 bits per heavy atom. The lowest BCUT2D eigenvalue weighted by Gasteiger charge is -2.31. The van der Waals surface area contributed by atoms with Gasteiger partial charge in [0.15, 0.2) is 0 Å². The van der Waals surface area contributed by atoms with E-state index < -0.39 is 12.1 Å². The Bertz CT molecular complexity index is 793. The summed E-state index contributed by atoms with van der Waals surface area (Å²) < 4.78 is 0. The van der Waals surface area contributed by atoms with Gasteiger partial charge in [-0.05, 0) is 56.8 Å². The van der Waals surface area contributed by atoms with E-state index in [9.17, 15) is 9.59 Å². The number of benzene rings is 2. The van der Waals surface area contributed by atoms with Crippen molar-refractivity contribution in [3.05, 3.63) is 65.2 Å². The number of carbonyl (C=O) groups is 2. The maximum atomic E-state index is 13.3. The molecular weight excluding hydrogens is 362 g/mol. The van der Waals surface area contributed by atoms with Crippen LogP contribution >= 0.6 is 11.6 Å². The summed E-state index contributed by atoms with van der Waals surface area (Å²) in [6.45, 7) is 0.592. The van der Waals surface area contributed by atoms with Gasteiger partial charge in [-0.2, -0.15) is 0 Å². The van der Waals surface area contributed by atoms with Gasteiger partial charge in [-0.15, -0.1) is 0 Å². The van der Waals surface area contributed by atoms with Gasteiger partial charge in [0.2, 0.25) is 11.8 Å². The van der Waals surface area contributed by atoms with Gasteiger partial charge in [0.25, 0.3) is 0 Å². The first-order valence-electron chi connectivity index (χ1n) is 9.05. The maximum absolute atomic E-state index is 13.3. The molecule has 5 nitrogen and oxygen atoms in total. The molecule has 2 atom stereocenters. The predicted molar refractivity (Wildman–Crippen MR) is 108 cm³/mol. The molecule has 1 aliphatic rings. The summed E-state index contributed by atoms with van der Waals surface area (Å²) in [6, 6.07) is 15.8. The summed E-state index contributed by atoms with van der Waals surface area (Å²) in [4.78, 5) is 29.7. The third kappa shape index (κ3) is 4.49. The maximum Gasteiger partial charge on any atom is 0.247 e. The van der Waals surface area contributed by atoms with E-state index in [0.29, 0.717) is 23.7 Å². The van der Waals surface area contributed by atoms with Crippen LogP contribution in [0.2, 0.25) is 5.02 Å². The highest BCUT2D eigenvalue weighted by Gasteiger charge is 2.38. The van der Waals surface area contributed by atoms with Crippen molar-refractivity contribution in [3.63, 3.8) is 0 Å². The zero-order valence-electron chi connectivity index (χ0n) is 15.6. The summed E-state index contributed by atoms with van der Waals surface area (Å²) in [6.07, 6.45) is 1.49. The summed E-state index contributed by atoms with van der Waals surface area (Å²) in [5.74, 6) is -0.200. The number of hydrogen-bond acceptors (Lipinski definition) is 3. The van der Waals surface area contributed by atoms with Gasteiger partial charge >= 0.3 is 0 Å². The van der Waals surface area contributed by atoms with Crippen LogP contribution in [0.25, 0.3) is 0 Å². The van der Waals surface area contributed by atoms with Gasteiger partial charge in [0, 0.05) is 17.3 Å². The third-order valence-corrected chi connectivity index (χ3v) is 5.07. The number of likely N-dealkylation sites (N-methyl/N-ethyl adjacent to an activating group) is 1. The molecule has 3 rings (SSSR count). The smallest absolute Gasteiger partial charge is 0.247 e. The van der Waals surface area contributed by atoms with Crippen molar-refractivity contribution < 1.29 is 9.59 Å². The van der Waals surface area contributed by atoms with Crippen LogP contribution < -0.4 is 5.32 Å². The molecule has 2 aromatic rings. The van der Waals surface area contributed by atoms with Crippen molar-refractivity contribution >= 4 is 29.1 Å². The van der Waals surface area contributed by atoms with Crippen molar-refractivity contribution in [1.82, 2.24) is 9.80 Å². The lowest BCUT2D eigenvalue weighted by molar-refractivity contribution is -0.140. The second kappa shape index (κ2) is 8.55. The average molecular weight is 386 g/mol. The highest BCUT2D eigenvalue weighted by atomic mass is 35.5. The molecule has 2 aromatic carbocycles. The van der Waals surface area contributed by atoms with Gasteiger partial charge in [-0.3, -0.25) is 14.5 Å². The largest absolute Gasteiger partial charge is 0.329 e. The van der Waals surface area contributed by atoms with Crippen LogP contribution in [-0.2, 0) is 9.59 Å². The van der Waals surface area contributed by atoms with Gasteiger partial charge in [0.1, 0.15) is 12.1 Å². The molecule has 0 radical (unpaired) electrons. The highest BCUT2D eigenvalue weighted by molar-refractivity contribution is 6.30. The van der Waals surface area contributed by atoms with E-state index in [0.717, 1.165) is 12.0 Å². The number of rotatable bonds is 5. The fraction of sp³-hybridized carbons (Fsp3) is 0.333. The number of nitrogens with zero attached hydrogens (tertiary/aromatic N) is 2. The van der Waals surface area contributed by atoms with Crippen LogP contribution in [0.1, 0.15) is 24.4 Å². The normalized spacial score (nSPS) is 17.8. The van der Waals surface area contributed by atoms with E-state index in [4.69, 9.17) is 11.6 Å². The molecule has 1 saturated heterocycles. The number of halogens is 1. The highest BCUT2D eigenvalue weighted by Crippen LogP contribution is 2.27. The Kier molecular flexibility index (Phi) is 6.14. The first-order valence-corrected chi connectivity index (χ1v) is 9.43. The second-order valence-corrected chi connectivity index (χ2v) is 7.40. The minimum atomic E-state index is -0.459. The fourth-order valence-electron chi connectivity index (χ4n) is 3.52. The van der Waals surface area contributed by atoms with Crippen molar-refractivity contribution in [1.29, 1.82) is 0 Å². The van der Waals surface area contributed by atoms with E-state index in [2.05, 4.69) is 5.32 Å². The Balaban J connectivity index is 1.76. The molecule has 1 fully saturated rings. The molecule has 0 aliphatic carbocycles. The standard InChI is InChI=1S/C21H24ClN3O2/c1-24(2)19(15-7-4-3-5-8-15)21(27)25-14-6-9-18(25)20(26)23-17-12-10-16(22)11-13-17/h3-5,7-8,10-13,18-19H,6,9,14H2,1-2H3,(H,23,26). The molecule has 2 amide bonds. The molecule has 0 aromatic heterocycles. The summed E-state index contributed by atoms with van der Waals surface area (Å²) in [7, 11) is 3.77. The minimum absolute atomic E-state index is 0.0417. The van der Waals surface area contributed by atoms with Crippen LogP contribution in [0.15, 0.2) is 54.6 Å². The van der Waals surface area contributed by atoms with Crippen molar-refractivity contribution in [2.45, 2.75) is 24.9 Å². The molecular formula is C21H24ClN3O2. The predicted octanol–water partition coefficient (Wildman–Crippen LogP) is 3.57. The van der Waals surface area contributed by atoms with Crippen LogP contribution in [-0.4, -0.2) is 48.3 Å². The summed E-state index contributed by atoms with van der Waals surface area (Å²) in [5, 5.41) is 3.51. The van der Waals surface area contributed by atoms with Gasteiger partial charge in [-0.1, -0.05) is 41.9 Å². The third-order valence-electron chi connectivity index (χ3n) is 4.82. The molecule has 1 heterocycles. The Labute approximate surface area is 164 Å². The van der Waals surface area contributed by atoms with Gasteiger partial charge in [0.05, 0.1) is 0 Å². The molecule has 2 unspecified atom stereocenters. The molecule has 6 heteroatoms. The number of likely N-dealkylation sites (tertiary alicyclic amines) is 1. The molecule has 0 bridgehead atoms. The quantitative estimate of drug-likeness (QED) is 0.856. The van der Waals surface area contributed by atoms with Crippen LogP contribution in [0, 0.1) is 0 Å². The first kappa shape index (κ1) is 19.4. The topological polar surface area (TPSA) is 52.7 Å². The zero-order chi connectivity index (χ0) is 19.4. The minimum Gasteiger partial charge on any atom is -0.329 e. The zero-order valence-corrected chi connectivity index (χ0v) is 16.3. The van der Waals surface area contributed by atoms with E-state index in [1.807, 2.05) is 49.3 Å². The van der Waals surface area contributed by atoms with Crippen molar-refractivity contribution in [2.24, 2.45) is 0 Å². The van der Waals surface area contributed by atoms with Crippen molar-refractivity contribution in [2.75, 3.05) is 26.0 Å². The molecule has 0 spiro atoms. The summed E-state index contributed by atoms with van der Waals surface area (Å²) in [5.41, 5.74) is 1.60. The molecule has 1 N–H and O–H groups in total. The first-order chi connectivity index (χ1) is 13.0. The Morgan fingerprint density at radius 3 is 2.41 bits per heavy atom. The number of anilines is 1. The number of carbonyl (C=O) groups excluding carboxylic acids is 2. The Morgan fingerprint density at radius 2 is 1.78 bits per heavy atom. The molecule has 0 saturated carbocycles. The van der Waals surface area contributed by atoms with E-state index in [1.54, 1.807) is 29.2 Å². The lowest BCUT2D eigenvalue weighted by Crippen LogP contribution is -2.47. The number of hydrogen-bond donors (Lipinski definition) is 1. The molecule has 27 heavy (non-hydrogen) atoms. The van der Waals surface area contributed by atoms with Gasteiger partial charge < -0.3 is 10.2 Å². The monoisotopic (exact) mass is 385 g/mol. The average Bonchev–Trinajstić information content (AvgIpc) is 3.14. The van der Waals surface area contributed by atoms with E-state index in [-0.39, 0.29) is 11.8 Å². The number of nitrogens with one attached hydrogen (secondary N) is 1. The van der Waals surface area contributed by atoms with Crippen LogP contribution in [0.5, 0.6) is 0 Å². The van der Waals surface area contributed by atoms with Gasteiger partial charge in [-0.25, -0.2) is 0 Å². The van der Waals surface area contributed by atoms with Crippen molar-refractivity contribution in [3.8, 4) is 0 Å². The van der Waals surface area contributed by atoms with Crippen LogP contribution in [0.3, 0.4) is 0 Å².